The summed E-state index contributed by atoms with van der Waals surface area (Å²) >= 11 is 1.22. The van der Waals surface area contributed by atoms with Crippen LogP contribution in [0.4, 0.5) is 4.39 Å². The second kappa shape index (κ2) is 3.50. The Balaban J connectivity index is 2.27. The summed E-state index contributed by atoms with van der Waals surface area (Å²) < 4.78 is 13.4. The van der Waals surface area contributed by atoms with Crippen LogP contribution < -0.4 is 0 Å². The van der Waals surface area contributed by atoms with E-state index in [-0.39, 0.29) is 11.7 Å². The first-order valence-corrected chi connectivity index (χ1v) is 6.16. The fourth-order valence-electron chi connectivity index (χ4n) is 2.34. The van der Waals surface area contributed by atoms with Gasteiger partial charge in [0.2, 0.25) is 0 Å². The van der Waals surface area contributed by atoms with Crippen molar-refractivity contribution in [3.05, 3.63) is 29.7 Å². The molecule has 2 atom stereocenters. The van der Waals surface area contributed by atoms with Gasteiger partial charge in [0.15, 0.2) is 0 Å². The molecule has 2 unspecified atom stereocenters. The molecule has 17 heavy (non-hydrogen) atoms. The highest BCUT2D eigenvalue weighted by Crippen LogP contribution is 2.46. The molecule has 3 nitrogen and oxygen atoms in total. The first-order chi connectivity index (χ1) is 8.08. The van der Waals surface area contributed by atoms with Crippen LogP contribution in [0.3, 0.4) is 0 Å². The number of carboxylic acids is 1. The number of benzene rings is 1. The molecule has 1 aliphatic heterocycles. The van der Waals surface area contributed by atoms with Gasteiger partial charge in [-0.3, -0.25) is 4.79 Å². The Labute approximate surface area is 101 Å². The van der Waals surface area contributed by atoms with Crippen molar-refractivity contribution in [1.82, 2.24) is 4.98 Å². The minimum atomic E-state index is -0.855. The highest BCUT2D eigenvalue weighted by molar-refractivity contribution is 8.01. The summed E-state index contributed by atoms with van der Waals surface area (Å²) in [5.41, 5.74) is 1.69. The first-order valence-electron chi connectivity index (χ1n) is 5.28. The average molecular weight is 251 g/mol. The number of aromatic nitrogens is 1. The SMILES string of the molecule is CC1c2c[nH]c3cc(F)cc(c23)SC1C(=O)O. The lowest BCUT2D eigenvalue weighted by Crippen LogP contribution is -2.25. The summed E-state index contributed by atoms with van der Waals surface area (Å²) in [5, 5.41) is 9.58. The maximum Gasteiger partial charge on any atom is 0.317 e. The lowest BCUT2D eigenvalue weighted by Gasteiger charge is -2.25. The van der Waals surface area contributed by atoms with E-state index in [4.69, 9.17) is 0 Å². The molecule has 2 N–H and O–H groups in total. The molecule has 0 saturated heterocycles. The second-order valence-corrected chi connectivity index (χ2v) is 5.42. The van der Waals surface area contributed by atoms with Gasteiger partial charge in [0.05, 0.1) is 0 Å². The van der Waals surface area contributed by atoms with Crippen molar-refractivity contribution in [2.24, 2.45) is 0 Å². The summed E-state index contributed by atoms with van der Waals surface area (Å²) in [7, 11) is 0. The number of halogens is 1. The largest absolute Gasteiger partial charge is 0.480 e. The lowest BCUT2D eigenvalue weighted by molar-refractivity contribution is -0.136. The summed E-state index contributed by atoms with van der Waals surface area (Å²) in [6, 6.07) is 2.85. The van der Waals surface area contributed by atoms with E-state index in [1.54, 1.807) is 6.20 Å². The minimum absolute atomic E-state index is 0.0794. The third-order valence-corrected chi connectivity index (χ3v) is 4.62. The molecule has 3 rings (SSSR count). The van der Waals surface area contributed by atoms with Crippen LogP contribution in [0.25, 0.3) is 10.9 Å². The number of H-pyrrole nitrogens is 1. The maximum absolute atomic E-state index is 13.4. The van der Waals surface area contributed by atoms with Crippen LogP contribution in [-0.4, -0.2) is 21.3 Å². The molecule has 0 spiro atoms. The van der Waals surface area contributed by atoms with E-state index in [9.17, 15) is 14.3 Å². The van der Waals surface area contributed by atoms with Crippen molar-refractivity contribution in [2.75, 3.05) is 0 Å². The van der Waals surface area contributed by atoms with Crippen LogP contribution in [0.1, 0.15) is 18.4 Å². The van der Waals surface area contributed by atoms with Gasteiger partial charge in [0.1, 0.15) is 11.1 Å². The highest BCUT2D eigenvalue weighted by Gasteiger charge is 2.34. The van der Waals surface area contributed by atoms with Gasteiger partial charge in [-0.05, 0) is 17.7 Å². The van der Waals surface area contributed by atoms with Gasteiger partial charge >= 0.3 is 5.97 Å². The molecule has 1 aliphatic rings. The van der Waals surface area contributed by atoms with Crippen LogP contribution in [0.5, 0.6) is 0 Å². The summed E-state index contributed by atoms with van der Waals surface area (Å²) in [6.07, 6.45) is 1.79. The van der Waals surface area contributed by atoms with Gasteiger partial charge in [-0.15, -0.1) is 11.8 Å². The zero-order valence-electron chi connectivity index (χ0n) is 9.03. The van der Waals surface area contributed by atoms with E-state index in [1.165, 1.54) is 23.9 Å². The molecule has 0 fully saturated rings. The number of aliphatic carboxylic acids is 1. The number of hydrogen-bond acceptors (Lipinski definition) is 2. The molecule has 0 radical (unpaired) electrons. The summed E-state index contributed by atoms with van der Waals surface area (Å²) in [5.74, 6) is -1.27. The van der Waals surface area contributed by atoms with Crippen molar-refractivity contribution in [1.29, 1.82) is 0 Å². The number of rotatable bonds is 1. The topological polar surface area (TPSA) is 53.1 Å². The quantitative estimate of drug-likeness (QED) is 0.819. The van der Waals surface area contributed by atoms with Crippen molar-refractivity contribution >= 4 is 28.6 Å². The van der Waals surface area contributed by atoms with Gasteiger partial charge < -0.3 is 10.1 Å². The molecule has 88 valence electrons. The van der Waals surface area contributed by atoms with Gasteiger partial charge in [0.25, 0.3) is 0 Å². The van der Waals surface area contributed by atoms with Crippen molar-refractivity contribution < 1.29 is 14.3 Å². The Morgan fingerprint density at radius 1 is 1.53 bits per heavy atom. The molecule has 0 amide bonds. The smallest absolute Gasteiger partial charge is 0.317 e. The molecule has 0 bridgehead atoms. The summed E-state index contributed by atoms with van der Waals surface area (Å²) in [4.78, 5) is 14.9. The predicted molar refractivity (Wildman–Crippen MR) is 64.0 cm³/mol. The number of hydrogen-bond donors (Lipinski definition) is 2. The van der Waals surface area contributed by atoms with Crippen LogP contribution in [0.2, 0.25) is 0 Å². The first kappa shape index (κ1) is 10.7. The van der Waals surface area contributed by atoms with E-state index in [0.717, 1.165) is 16.5 Å². The molecule has 2 aromatic rings. The van der Waals surface area contributed by atoms with E-state index in [0.29, 0.717) is 4.90 Å². The van der Waals surface area contributed by atoms with Crippen LogP contribution in [-0.2, 0) is 4.79 Å². The second-order valence-electron chi connectivity index (χ2n) is 4.24. The Hall–Kier alpha value is -1.49. The van der Waals surface area contributed by atoms with E-state index >= 15 is 0 Å². The molecule has 0 aliphatic carbocycles. The number of carboxylic acid groups (broad SMARTS) is 1. The molecular formula is C12H10FNO2S. The Morgan fingerprint density at radius 3 is 3.00 bits per heavy atom. The highest BCUT2D eigenvalue weighted by atomic mass is 32.2. The minimum Gasteiger partial charge on any atom is -0.480 e. The third-order valence-electron chi connectivity index (χ3n) is 3.18. The number of nitrogens with one attached hydrogen (secondary N) is 1. The summed E-state index contributed by atoms with van der Waals surface area (Å²) in [6.45, 7) is 1.89. The maximum atomic E-state index is 13.4. The monoisotopic (exact) mass is 251 g/mol. The fraction of sp³-hybridized carbons (Fsp3) is 0.250. The van der Waals surface area contributed by atoms with Crippen LogP contribution >= 0.6 is 11.8 Å². The molecule has 1 aromatic carbocycles. The molecule has 1 aromatic heterocycles. The number of thioether (sulfide) groups is 1. The normalized spacial score (nSPS) is 22.9. The van der Waals surface area contributed by atoms with Crippen LogP contribution in [0, 0.1) is 5.82 Å². The standard InChI is InChI=1S/C12H10FNO2S/c1-5-7-4-14-8-2-6(13)3-9(10(7)8)17-11(5)12(15)16/h2-5,11,14H,1H3,(H,15,16). The molecule has 0 saturated carbocycles. The van der Waals surface area contributed by atoms with Crippen molar-refractivity contribution in [3.63, 3.8) is 0 Å². The Bertz CT molecular complexity index is 622. The van der Waals surface area contributed by atoms with Crippen molar-refractivity contribution in [3.8, 4) is 0 Å². The average Bonchev–Trinajstić information content (AvgIpc) is 2.67. The Kier molecular flexibility index (Phi) is 2.19. The third kappa shape index (κ3) is 1.45. The molecule has 2 heterocycles. The predicted octanol–water partition coefficient (Wildman–Crippen LogP) is 2.97. The van der Waals surface area contributed by atoms with E-state index < -0.39 is 11.2 Å². The van der Waals surface area contributed by atoms with Crippen LogP contribution in [0.15, 0.2) is 23.2 Å². The molecule has 5 heteroatoms. The van der Waals surface area contributed by atoms with Gasteiger partial charge in [-0.2, -0.15) is 0 Å². The fourth-order valence-corrected chi connectivity index (χ4v) is 3.59. The zero-order chi connectivity index (χ0) is 12.2. The molecular weight excluding hydrogens is 241 g/mol. The van der Waals surface area contributed by atoms with Crippen molar-refractivity contribution in [2.45, 2.75) is 23.0 Å². The zero-order valence-corrected chi connectivity index (χ0v) is 9.84. The van der Waals surface area contributed by atoms with E-state index in [1.807, 2.05) is 6.92 Å². The van der Waals surface area contributed by atoms with E-state index in [2.05, 4.69) is 4.98 Å². The number of aromatic amines is 1. The van der Waals surface area contributed by atoms with Gasteiger partial charge in [-0.1, -0.05) is 6.92 Å². The van der Waals surface area contributed by atoms with Gasteiger partial charge in [-0.25, -0.2) is 4.39 Å². The number of carbonyl (C=O) groups is 1. The van der Waals surface area contributed by atoms with Gasteiger partial charge in [0, 0.05) is 27.9 Å². The Morgan fingerprint density at radius 2 is 2.29 bits per heavy atom. The lowest BCUT2D eigenvalue weighted by atomic mass is 9.96.